The van der Waals surface area contributed by atoms with E-state index in [0.717, 1.165) is 25.2 Å². The number of allylic oxidation sites excluding steroid dienone is 3. The molecule has 0 aliphatic carbocycles. The molecule has 1 aliphatic heterocycles. The van der Waals surface area contributed by atoms with Crippen molar-refractivity contribution in [1.82, 2.24) is 10.2 Å². The van der Waals surface area contributed by atoms with Crippen molar-refractivity contribution in [2.24, 2.45) is 0 Å². The molecule has 0 aromatic heterocycles. The van der Waals surface area contributed by atoms with Gasteiger partial charge in [-0.2, -0.15) is 0 Å². The minimum Gasteiger partial charge on any atom is -0.311 e. The maximum atomic E-state index is 12.6. The van der Waals surface area contributed by atoms with E-state index in [1.165, 1.54) is 6.08 Å². The molecule has 1 saturated heterocycles. The highest BCUT2D eigenvalue weighted by Crippen LogP contribution is 2.11. The van der Waals surface area contributed by atoms with Crippen LogP contribution in [0.5, 0.6) is 0 Å². The zero-order valence-corrected chi connectivity index (χ0v) is 11.0. The monoisotopic (exact) mass is 238 g/mol. The maximum Gasteiger partial charge on any atom is 0.116 e. The van der Waals surface area contributed by atoms with Crippen molar-refractivity contribution in [3.8, 4) is 0 Å². The predicted molar refractivity (Wildman–Crippen MR) is 71.6 cm³/mol. The Morgan fingerprint density at radius 3 is 2.76 bits per heavy atom. The molecule has 1 heterocycles. The highest BCUT2D eigenvalue weighted by Gasteiger charge is 2.22. The van der Waals surface area contributed by atoms with Gasteiger partial charge in [-0.15, -0.1) is 0 Å². The Kier molecular flexibility index (Phi) is 5.59. The lowest BCUT2D eigenvalue weighted by Crippen LogP contribution is -2.54. The summed E-state index contributed by atoms with van der Waals surface area (Å²) in [7, 11) is 0. The van der Waals surface area contributed by atoms with Crippen molar-refractivity contribution in [1.29, 1.82) is 0 Å². The summed E-state index contributed by atoms with van der Waals surface area (Å²) in [6.07, 6.45) is 5.26. The number of nitrogens with one attached hydrogen (secondary N) is 1. The van der Waals surface area contributed by atoms with Crippen molar-refractivity contribution in [2.75, 3.05) is 19.6 Å². The SMILES string of the molecule is C=C(F)/C=C\C(=C/C)CN1C[C@@H](C)NC[C@@H]1C. The van der Waals surface area contributed by atoms with Crippen LogP contribution in [0, 0.1) is 0 Å². The fourth-order valence-electron chi connectivity index (χ4n) is 1.99. The smallest absolute Gasteiger partial charge is 0.116 e. The van der Waals surface area contributed by atoms with Gasteiger partial charge in [0.2, 0.25) is 0 Å². The Morgan fingerprint density at radius 2 is 2.18 bits per heavy atom. The number of halogens is 1. The van der Waals surface area contributed by atoms with Gasteiger partial charge in [0.25, 0.3) is 0 Å². The summed E-state index contributed by atoms with van der Waals surface area (Å²) in [6.45, 7) is 12.5. The van der Waals surface area contributed by atoms with E-state index in [4.69, 9.17) is 0 Å². The first-order valence-electron chi connectivity index (χ1n) is 6.18. The van der Waals surface area contributed by atoms with Crippen molar-refractivity contribution in [3.63, 3.8) is 0 Å². The second kappa shape index (κ2) is 6.72. The van der Waals surface area contributed by atoms with E-state index in [1.807, 2.05) is 19.1 Å². The van der Waals surface area contributed by atoms with Crippen molar-refractivity contribution < 1.29 is 4.39 Å². The molecule has 1 rings (SSSR count). The van der Waals surface area contributed by atoms with Crippen LogP contribution in [-0.4, -0.2) is 36.6 Å². The van der Waals surface area contributed by atoms with E-state index >= 15 is 0 Å². The van der Waals surface area contributed by atoms with Crippen molar-refractivity contribution >= 4 is 0 Å². The standard InChI is InChI=1S/C14H23FN2/c1-5-14(7-6-11(2)15)10-17-9-12(3)16-8-13(17)4/h5-7,12-13,16H,2,8-10H2,1,3-4H3/b7-6-,14-5+/t12-,13+/m1/s1. The molecule has 0 aromatic rings. The van der Waals surface area contributed by atoms with Crippen LogP contribution >= 0.6 is 0 Å². The van der Waals surface area contributed by atoms with Crippen LogP contribution in [0.3, 0.4) is 0 Å². The molecule has 0 amide bonds. The molecule has 2 atom stereocenters. The van der Waals surface area contributed by atoms with Crippen LogP contribution in [0.15, 0.2) is 36.2 Å². The van der Waals surface area contributed by atoms with Gasteiger partial charge in [-0.3, -0.25) is 4.90 Å². The largest absolute Gasteiger partial charge is 0.311 e. The second-order valence-electron chi connectivity index (χ2n) is 4.73. The van der Waals surface area contributed by atoms with E-state index in [9.17, 15) is 4.39 Å². The molecule has 0 unspecified atom stereocenters. The molecule has 0 radical (unpaired) electrons. The average Bonchev–Trinajstić information content (AvgIpc) is 2.28. The van der Waals surface area contributed by atoms with Gasteiger partial charge in [0.05, 0.1) is 0 Å². The van der Waals surface area contributed by atoms with Gasteiger partial charge in [-0.25, -0.2) is 4.39 Å². The molecule has 1 fully saturated rings. The first-order valence-corrected chi connectivity index (χ1v) is 6.18. The lowest BCUT2D eigenvalue weighted by molar-refractivity contribution is 0.160. The normalized spacial score (nSPS) is 27.6. The van der Waals surface area contributed by atoms with Crippen LogP contribution in [0.2, 0.25) is 0 Å². The summed E-state index contributed by atoms with van der Waals surface area (Å²) < 4.78 is 12.6. The molecule has 1 aliphatic rings. The molecular formula is C14H23FN2. The highest BCUT2D eigenvalue weighted by molar-refractivity contribution is 5.24. The van der Waals surface area contributed by atoms with E-state index in [-0.39, 0.29) is 0 Å². The lowest BCUT2D eigenvalue weighted by atomic mass is 10.1. The highest BCUT2D eigenvalue weighted by atomic mass is 19.1. The fourth-order valence-corrected chi connectivity index (χ4v) is 1.99. The van der Waals surface area contributed by atoms with Gasteiger partial charge in [0, 0.05) is 31.7 Å². The molecule has 96 valence electrons. The maximum absolute atomic E-state index is 12.6. The first kappa shape index (κ1) is 14.1. The zero-order valence-electron chi connectivity index (χ0n) is 11.0. The number of piperazine rings is 1. The Morgan fingerprint density at radius 1 is 1.47 bits per heavy atom. The molecule has 0 saturated carbocycles. The van der Waals surface area contributed by atoms with Crippen LogP contribution < -0.4 is 5.32 Å². The Balaban J connectivity index is 2.58. The minimum atomic E-state index is -0.397. The lowest BCUT2D eigenvalue weighted by Gasteiger charge is -2.37. The number of hydrogen-bond acceptors (Lipinski definition) is 2. The average molecular weight is 238 g/mol. The number of hydrogen-bond donors (Lipinski definition) is 1. The summed E-state index contributed by atoms with van der Waals surface area (Å²) in [5.41, 5.74) is 1.13. The first-order chi connectivity index (χ1) is 8.02. The fraction of sp³-hybridized carbons (Fsp3) is 0.571. The molecule has 2 nitrogen and oxygen atoms in total. The van der Waals surface area contributed by atoms with Crippen molar-refractivity contribution in [3.05, 3.63) is 36.2 Å². The molecular weight excluding hydrogens is 215 g/mol. The van der Waals surface area contributed by atoms with Gasteiger partial charge < -0.3 is 5.32 Å². The van der Waals surface area contributed by atoms with Crippen LogP contribution in [0.1, 0.15) is 20.8 Å². The third kappa shape index (κ3) is 4.84. The third-order valence-electron chi connectivity index (χ3n) is 3.13. The number of nitrogens with zero attached hydrogens (tertiary/aromatic N) is 1. The van der Waals surface area contributed by atoms with Gasteiger partial charge in [-0.05, 0) is 32.4 Å². The minimum absolute atomic E-state index is 0.397. The molecule has 0 aromatic carbocycles. The van der Waals surface area contributed by atoms with Gasteiger partial charge >= 0.3 is 0 Å². The Labute approximate surface area is 104 Å². The summed E-state index contributed by atoms with van der Waals surface area (Å²) in [4.78, 5) is 2.42. The second-order valence-corrected chi connectivity index (χ2v) is 4.73. The van der Waals surface area contributed by atoms with Crippen molar-refractivity contribution in [2.45, 2.75) is 32.9 Å². The van der Waals surface area contributed by atoms with E-state index < -0.39 is 5.83 Å². The molecule has 1 N–H and O–H groups in total. The summed E-state index contributed by atoms with van der Waals surface area (Å²) in [5, 5.41) is 3.45. The van der Waals surface area contributed by atoms with Gasteiger partial charge in [0.15, 0.2) is 0 Å². The summed E-state index contributed by atoms with van der Waals surface area (Å²) >= 11 is 0. The third-order valence-corrected chi connectivity index (χ3v) is 3.13. The Bertz CT molecular complexity index is 320. The van der Waals surface area contributed by atoms with Crippen LogP contribution in [-0.2, 0) is 0 Å². The van der Waals surface area contributed by atoms with Gasteiger partial charge in [0.1, 0.15) is 5.83 Å². The van der Waals surface area contributed by atoms with E-state index in [2.05, 4.69) is 30.6 Å². The molecule has 0 spiro atoms. The van der Waals surface area contributed by atoms with Gasteiger partial charge in [-0.1, -0.05) is 18.7 Å². The molecule has 3 heteroatoms. The predicted octanol–water partition coefficient (Wildman–Crippen LogP) is 2.65. The van der Waals surface area contributed by atoms with Crippen LogP contribution in [0.25, 0.3) is 0 Å². The summed E-state index contributed by atoms with van der Waals surface area (Å²) in [6, 6.07) is 1.03. The number of rotatable bonds is 4. The molecule has 17 heavy (non-hydrogen) atoms. The molecule has 0 bridgehead atoms. The van der Waals surface area contributed by atoms with E-state index in [1.54, 1.807) is 0 Å². The van der Waals surface area contributed by atoms with Crippen LogP contribution in [0.4, 0.5) is 4.39 Å². The Hall–Kier alpha value is -0.930. The van der Waals surface area contributed by atoms with E-state index in [0.29, 0.717) is 12.1 Å². The topological polar surface area (TPSA) is 15.3 Å². The summed E-state index contributed by atoms with van der Waals surface area (Å²) in [5.74, 6) is -0.397. The zero-order chi connectivity index (χ0) is 12.8. The quantitative estimate of drug-likeness (QED) is 0.757.